The van der Waals surface area contributed by atoms with Gasteiger partial charge in [-0.1, -0.05) is 36.4 Å². The van der Waals surface area contributed by atoms with Crippen LogP contribution in [0.15, 0.2) is 48.5 Å². The first-order valence-electron chi connectivity index (χ1n) is 7.34. The number of benzene rings is 2. The minimum Gasteiger partial charge on any atom is -0.489 e. The van der Waals surface area contributed by atoms with E-state index in [4.69, 9.17) is 4.74 Å². The van der Waals surface area contributed by atoms with Crippen LogP contribution in [0.1, 0.15) is 11.1 Å². The lowest BCUT2D eigenvalue weighted by Gasteiger charge is -2.30. The summed E-state index contributed by atoms with van der Waals surface area (Å²) >= 11 is 0. The van der Waals surface area contributed by atoms with E-state index < -0.39 is 10.0 Å². The van der Waals surface area contributed by atoms with Crippen molar-refractivity contribution in [1.82, 2.24) is 0 Å². The van der Waals surface area contributed by atoms with E-state index in [2.05, 4.69) is 0 Å². The molecule has 0 spiro atoms. The van der Waals surface area contributed by atoms with Gasteiger partial charge in [0.25, 0.3) is 0 Å². The van der Waals surface area contributed by atoms with Crippen molar-refractivity contribution < 1.29 is 13.2 Å². The predicted octanol–water partition coefficient (Wildman–Crippen LogP) is 2.77. The van der Waals surface area contributed by atoms with E-state index >= 15 is 0 Å². The molecule has 0 radical (unpaired) electrons. The molecule has 0 atom stereocenters. The molecule has 5 heteroatoms. The van der Waals surface area contributed by atoms with Crippen LogP contribution < -0.4 is 9.04 Å². The third-order valence-corrected chi connectivity index (χ3v) is 5.53. The minimum absolute atomic E-state index is 0.102. The summed E-state index contributed by atoms with van der Waals surface area (Å²) in [6.07, 6.45) is 0.516. The second-order valence-corrected chi connectivity index (χ2v) is 7.46. The highest BCUT2D eigenvalue weighted by Crippen LogP contribution is 2.34. The summed E-state index contributed by atoms with van der Waals surface area (Å²) in [5, 5.41) is 0. The van der Waals surface area contributed by atoms with Crippen molar-refractivity contribution in [1.29, 1.82) is 0 Å². The zero-order chi connectivity index (χ0) is 15.6. The quantitative estimate of drug-likeness (QED) is 0.871. The number of anilines is 1. The van der Waals surface area contributed by atoms with E-state index in [1.165, 1.54) is 4.31 Å². The maximum absolute atomic E-state index is 12.7. The van der Waals surface area contributed by atoms with Crippen molar-refractivity contribution in [2.45, 2.75) is 13.3 Å². The van der Waals surface area contributed by atoms with Crippen LogP contribution in [0.5, 0.6) is 5.75 Å². The molecule has 0 bridgehead atoms. The van der Waals surface area contributed by atoms with Gasteiger partial charge in [0.2, 0.25) is 10.0 Å². The normalized spacial score (nSPS) is 14.3. The lowest BCUT2D eigenvalue weighted by Crippen LogP contribution is -2.39. The van der Waals surface area contributed by atoms with Crippen LogP contribution in [0.3, 0.4) is 0 Å². The molecular formula is C17H19NO3S. The first-order chi connectivity index (χ1) is 10.6. The van der Waals surface area contributed by atoms with Crippen LogP contribution in [0.2, 0.25) is 0 Å². The molecule has 0 aromatic heterocycles. The van der Waals surface area contributed by atoms with Crippen LogP contribution in [0, 0.1) is 6.92 Å². The Morgan fingerprint density at radius 2 is 1.91 bits per heavy atom. The molecule has 3 rings (SSSR count). The fraction of sp³-hybridized carbons (Fsp3) is 0.294. The van der Waals surface area contributed by atoms with Crippen molar-refractivity contribution in [2.24, 2.45) is 0 Å². The molecule has 0 saturated heterocycles. The molecule has 0 aliphatic carbocycles. The van der Waals surface area contributed by atoms with Crippen LogP contribution >= 0.6 is 0 Å². The molecule has 0 fully saturated rings. The van der Waals surface area contributed by atoms with Crippen LogP contribution in [0.25, 0.3) is 0 Å². The average molecular weight is 317 g/mol. The zero-order valence-electron chi connectivity index (χ0n) is 12.5. The Labute approximate surface area is 131 Å². The van der Waals surface area contributed by atoms with Gasteiger partial charge < -0.3 is 4.74 Å². The maximum atomic E-state index is 12.7. The molecule has 116 valence electrons. The van der Waals surface area contributed by atoms with Gasteiger partial charge in [-0.25, -0.2) is 8.42 Å². The Morgan fingerprint density at radius 3 is 2.68 bits per heavy atom. The number of sulfonamides is 1. The molecule has 1 aliphatic rings. The van der Waals surface area contributed by atoms with E-state index in [9.17, 15) is 8.42 Å². The highest BCUT2D eigenvalue weighted by atomic mass is 32.2. The van der Waals surface area contributed by atoms with Crippen LogP contribution in [-0.4, -0.2) is 27.3 Å². The maximum Gasteiger partial charge on any atom is 0.235 e. The first-order valence-corrected chi connectivity index (χ1v) is 8.95. The number of rotatable bonds is 4. The van der Waals surface area contributed by atoms with Crippen molar-refractivity contribution in [2.75, 3.05) is 23.2 Å². The number of nitrogens with zero attached hydrogens (tertiary/aromatic N) is 1. The van der Waals surface area contributed by atoms with Gasteiger partial charge in [0.05, 0.1) is 18.0 Å². The average Bonchev–Trinajstić information content (AvgIpc) is 2.53. The van der Waals surface area contributed by atoms with E-state index in [0.29, 0.717) is 31.0 Å². The van der Waals surface area contributed by atoms with Gasteiger partial charge >= 0.3 is 0 Å². The monoisotopic (exact) mass is 317 g/mol. The van der Waals surface area contributed by atoms with Crippen LogP contribution in [-0.2, 0) is 16.4 Å². The third kappa shape index (κ3) is 3.09. The highest BCUT2D eigenvalue weighted by Gasteiger charge is 2.28. The van der Waals surface area contributed by atoms with Gasteiger partial charge in [-0.2, -0.15) is 0 Å². The van der Waals surface area contributed by atoms with Crippen molar-refractivity contribution in [3.05, 3.63) is 59.7 Å². The topological polar surface area (TPSA) is 46.6 Å². The van der Waals surface area contributed by atoms with E-state index in [0.717, 1.165) is 11.1 Å². The standard InChI is InChI=1S/C17H19NO3S/c1-14-7-8-17-16(13-14)18(10-11-21-17)22(19,20)12-9-15-5-3-2-4-6-15/h2-8,13H,9-12H2,1H3. The Bertz CT molecular complexity index is 757. The zero-order valence-corrected chi connectivity index (χ0v) is 13.3. The number of aryl methyl sites for hydroxylation is 2. The number of hydrogen-bond acceptors (Lipinski definition) is 3. The second kappa shape index (κ2) is 6.01. The SMILES string of the molecule is Cc1ccc2c(c1)N(S(=O)(=O)CCc1ccccc1)CCO2. The lowest BCUT2D eigenvalue weighted by atomic mass is 10.2. The molecular weight excluding hydrogens is 298 g/mol. The van der Waals surface area contributed by atoms with Gasteiger partial charge in [0, 0.05) is 0 Å². The van der Waals surface area contributed by atoms with Gasteiger partial charge in [-0.3, -0.25) is 4.31 Å². The Morgan fingerprint density at radius 1 is 1.14 bits per heavy atom. The summed E-state index contributed by atoms with van der Waals surface area (Å²) < 4.78 is 32.5. The summed E-state index contributed by atoms with van der Waals surface area (Å²) in [5.41, 5.74) is 2.70. The summed E-state index contributed by atoms with van der Waals surface area (Å²) in [5.74, 6) is 0.741. The Kier molecular flexibility index (Phi) is 4.07. The molecule has 0 saturated carbocycles. The Hall–Kier alpha value is -2.01. The highest BCUT2D eigenvalue weighted by molar-refractivity contribution is 7.92. The fourth-order valence-electron chi connectivity index (χ4n) is 2.59. The minimum atomic E-state index is -3.36. The molecule has 22 heavy (non-hydrogen) atoms. The molecule has 0 unspecified atom stereocenters. The second-order valence-electron chi connectivity index (χ2n) is 5.44. The molecule has 4 nitrogen and oxygen atoms in total. The van der Waals surface area contributed by atoms with Gasteiger partial charge in [-0.15, -0.1) is 0 Å². The summed E-state index contributed by atoms with van der Waals surface area (Å²) in [7, 11) is -3.36. The number of fused-ring (bicyclic) bond motifs is 1. The van der Waals surface area contributed by atoms with Crippen molar-refractivity contribution in [3.63, 3.8) is 0 Å². The van der Waals surface area contributed by atoms with Gasteiger partial charge in [0.1, 0.15) is 12.4 Å². The lowest BCUT2D eigenvalue weighted by molar-refractivity contribution is 0.315. The number of hydrogen-bond donors (Lipinski definition) is 0. The van der Waals surface area contributed by atoms with Gasteiger partial charge in [-0.05, 0) is 36.6 Å². The smallest absolute Gasteiger partial charge is 0.235 e. The van der Waals surface area contributed by atoms with E-state index in [1.54, 1.807) is 0 Å². The molecule has 0 amide bonds. The summed E-state index contributed by atoms with van der Waals surface area (Å²) in [4.78, 5) is 0. The molecule has 1 heterocycles. The van der Waals surface area contributed by atoms with E-state index in [1.807, 2.05) is 55.5 Å². The molecule has 0 N–H and O–H groups in total. The van der Waals surface area contributed by atoms with Crippen molar-refractivity contribution in [3.8, 4) is 5.75 Å². The molecule has 1 aliphatic heterocycles. The molecule has 2 aromatic rings. The number of ether oxygens (including phenoxy) is 1. The Balaban J connectivity index is 1.83. The third-order valence-electron chi connectivity index (χ3n) is 3.76. The molecule has 2 aromatic carbocycles. The first kappa shape index (κ1) is 14.9. The van der Waals surface area contributed by atoms with Crippen LogP contribution in [0.4, 0.5) is 5.69 Å². The van der Waals surface area contributed by atoms with Crippen molar-refractivity contribution >= 4 is 15.7 Å². The predicted molar refractivity (Wildman–Crippen MR) is 88.0 cm³/mol. The summed E-state index contributed by atoms with van der Waals surface area (Å²) in [6.45, 7) is 2.71. The largest absolute Gasteiger partial charge is 0.489 e. The van der Waals surface area contributed by atoms with Gasteiger partial charge in [0.15, 0.2) is 0 Å². The van der Waals surface area contributed by atoms with E-state index in [-0.39, 0.29) is 5.75 Å². The summed E-state index contributed by atoms with van der Waals surface area (Å²) in [6, 6.07) is 15.3. The fourth-order valence-corrected chi connectivity index (χ4v) is 4.10.